The lowest BCUT2D eigenvalue weighted by atomic mass is 10.1. The van der Waals surface area contributed by atoms with Gasteiger partial charge in [-0.05, 0) is 32.6 Å². The Morgan fingerprint density at radius 1 is 1.31 bits per heavy atom. The average Bonchev–Trinajstić information content (AvgIpc) is 2.84. The molecule has 16 heavy (non-hydrogen) atoms. The van der Waals surface area contributed by atoms with Crippen LogP contribution in [0.2, 0.25) is 0 Å². The molecule has 2 fully saturated rings. The van der Waals surface area contributed by atoms with Gasteiger partial charge in [-0.15, -0.1) is 0 Å². The molecule has 0 aromatic carbocycles. The molecule has 0 radical (unpaired) electrons. The van der Waals surface area contributed by atoms with Gasteiger partial charge in [0.2, 0.25) is 0 Å². The van der Waals surface area contributed by atoms with Crippen molar-refractivity contribution in [3.8, 4) is 0 Å². The van der Waals surface area contributed by atoms with E-state index in [2.05, 4.69) is 0 Å². The van der Waals surface area contributed by atoms with Crippen LogP contribution in [0, 0.1) is 0 Å². The maximum absolute atomic E-state index is 12.0. The molecule has 3 unspecified atom stereocenters. The molecule has 0 saturated carbocycles. The van der Waals surface area contributed by atoms with Gasteiger partial charge in [-0.1, -0.05) is 0 Å². The minimum Gasteiger partial charge on any atom is -0.480 e. The molecule has 2 aliphatic heterocycles. The summed E-state index contributed by atoms with van der Waals surface area (Å²) in [5, 5.41) is 8.99. The predicted molar refractivity (Wildman–Crippen MR) is 55.9 cm³/mol. The van der Waals surface area contributed by atoms with Gasteiger partial charge in [-0.2, -0.15) is 0 Å². The Balaban J connectivity index is 2.01. The summed E-state index contributed by atoms with van der Waals surface area (Å²) < 4.78 is 5.48. The molecule has 0 aromatic heterocycles. The first-order valence-electron chi connectivity index (χ1n) is 5.78. The Hall–Kier alpha value is -1.10. The van der Waals surface area contributed by atoms with Crippen LogP contribution in [0.4, 0.5) is 0 Å². The Morgan fingerprint density at radius 2 is 2.06 bits per heavy atom. The monoisotopic (exact) mass is 227 g/mol. The summed E-state index contributed by atoms with van der Waals surface area (Å²) >= 11 is 0. The molecule has 5 nitrogen and oxygen atoms in total. The van der Waals surface area contributed by atoms with Crippen molar-refractivity contribution in [3.05, 3.63) is 0 Å². The lowest BCUT2D eigenvalue weighted by molar-refractivity contribution is -0.153. The third-order valence-electron chi connectivity index (χ3n) is 3.33. The van der Waals surface area contributed by atoms with Gasteiger partial charge in [0.15, 0.2) is 0 Å². The first kappa shape index (κ1) is 11.4. The number of ether oxygens (including phenoxy) is 1. The molecule has 90 valence electrons. The van der Waals surface area contributed by atoms with E-state index in [1.807, 2.05) is 6.92 Å². The Morgan fingerprint density at radius 3 is 2.62 bits per heavy atom. The highest BCUT2D eigenvalue weighted by molar-refractivity contribution is 5.87. The molecule has 0 bridgehead atoms. The molecule has 2 heterocycles. The zero-order chi connectivity index (χ0) is 11.7. The molecule has 1 amide bonds. The molecular formula is C11H17NO4. The Kier molecular flexibility index (Phi) is 3.14. The average molecular weight is 227 g/mol. The summed E-state index contributed by atoms with van der Waals surface area (Å²) in [5.41, 5.74) is 0. The van der Waals surface area contributed by atoms with E-state index in [0.717, 1.165) is 12.8 Å². The van der Waals surface area contributed by atoms with Crippen molar-refractivity contribution in [3.63, 3.8) is 0 Å². The molecule has 0 aromatic rings. The standard InChI is InChI=1S/C11H17NO4/c1-7-4-5-9(16-7)10(13)12-6-2-3-8(12)11(14)15/h7-9H,2-6H2,1H3,(H,14,15). The van der Waals surface area contributed by atoms with E-state index in [0.29, 0.717) is 19.4 Å². The summed E-state index contributed by atoms with van der Waals surface area (Å²) in [6, 6.07) is -0.646. The smallest absolute Gasteiger partial charge is 0.326 e. The van der Waals surface area contributed by atoms with E-state index < -0.39 is 18.1 Å². The van der Waals surface area contributed by atoms with Gasteiger partial charge in [0.05, 0.1) is 6.10 Å². The van der Waals surface area contributed by atoms with Crippen molar-refractivity contribution in [1.29, 1.82) is 0 Å². The van der Waals surface area contributed by atoms with Gasteiger partial charge in [-0.25, -0.2) is 4.79 Å². The number of rotatable bonds is 2. The van der Waals surface area contributed by atoms with Gasteiger partial charge in [-0.3, -0.25) is 4.79 Å². The van der Waals surface area contributed by atoms with Gasteiger partial charge in [0, 0.05) is 6.54 Å². The highest BCUT2D eigenvalue weighted by atomic mass is 16.5. The number of carboxylic acid groups (broad SMARTS) is 1. The number of nitrogens with zero attached hydrogens (tertiary/aromatic N) is 1. The molecular weight excluding hydrogens is 210 g/mol. The van der Waals surface area contributed by atoms with Crippen molar-refractivity contribution >= 4 is 11.9 Å². The minimum atomic E-state index is -0.906. The number of carbonyl (C=O) groups is 2. The quantitative estimate of drug-likeness (QED) is 0.751. The lowest BCUT2D eigenvalue weighted by Gasteiger charge is -2.24. The minimum absolute atomic E-state index is 0.111. The summed E-state index contributed by atoms with van der Waals surface area (Å²) in [6.45, 7) is 2.48. The first-order valence-corrected chi connectivity index (χ1v) is 5.78. The van der Waals surface area contributed by atoms with E-state index in [1.165, 1.54) is 4.90 Å². The van der Waals surface area contributed by atoms with E-state index in [-0.39, 0.29) is 12.0 Å². The number of amides is 1. The Bertz CT molecular complexity index is 304. The number of carbonyl (C=O) groups excluding carboxylic acids is 1. The SMILES string of the molecule is CC1CCC(C(=O)N2CCCC2C(=O)O)O1. The lowest BCUT2D eigenvalue weighted by Crippen LogP contribution is -2.45. The van der Waals surface area contributed by atoms with E-state index >= 15 is 0 Å². The molecule has 1 N–H and O–H groups in total. The fourth-order valence-electron chi connectivity index (χ4n) is 2.46. The highest BCUT2D eigenvalue weighted by Crippen LogP contribution is 2.25. The van der Waals surface area contributed by atoms with Gasteiger partial charge < -0.3 is 14.7 Å². The molecule has 2 saturated heterocycles. The molecule has 0 aliphatic carbocycles. The maximum Gasteiger partial charge on any atom is 0.326 e. The van der Waals surface area contributed by atoms with Crippen molar-refractivity contribution in [2.75, 3.05) is 6.54 Å². The number of aliphatic carboxylic acids is 1. The third kappa shape index (κ3) is 2.04. The van der Waals surface area contributed by atoms with Crippen LogP contribution >= 0.6 is 0 Å². The fourth-order valence-corrected chi connectivity index (χ4v) is 2.46. The van der Waals surface area contributed by atoms with Crippen LogP contribution in [-0.4, -0.2) is 46.7 Å². The number of hydrogen-bond donors (Lipinski definition) is 1. The zero-order valence-electron chi connectivity index (χ0n) is 9.39. The summed E-state index contributed by atoms with van der Waals surface area (Å²) in [7, 11) is 0. The second kappa shape index (κ2) is 4.41. The van der Waals surface area contributed by atoms with Gasteiger partial charge in [0.25, 0.3) is 5.91 Å². The van der Waals surface area contributed by atoms with Gasteiger partial charge in [0.1, 0.15) is 12.1 Å². The van der Waals surface area contributed by atoms with Crippen LogP contribution in [-0.2, 0) is 14.3 Å². The molecule has 5 heteroatoms. The summed E-state index contributed by atoms with van der Waals surface area (Å²) in [6.07, 6.45) is 2.61. The van der Waals surface area contributed by atoms with Crippen molar-refractivity contribution < 1.29 is 19.4 Å². The van der Waals surface area contributed by atoms with Gasteiger partial charge >= 0.3 is 5.97 Å². The second-order valence-electron chi connectivity index (χ2n) is 4.54. The molecule has 2 rings (SSSR count). The van der Waals surface area contributed by atoms with Crippen molar-refractivity contribution in [1.82, 2.24) is 4.90 Å². The topological polar surface area (TPSA) is 66.8 Å². The van der Waals surface area contributed by atoms with E-state index in [4.69, 9.17) is 9.84 Å². The predicted octanol–water partition coefficient (Wildman–Crippen LogP) is 0.629. The number of likely N-dealkylation sites (tertiary alicyclic amines) is 1. The van der Waals surface area contributed by atoms with Crippen LogP contribution in [0.3, 0.4) is 0 Å². The largest absolute Gasteiger partial charge is 0.480 e. The number of carboxylic acids is 1. The molecule has 3 atom stereocenters. The zero-order valence-corrected chi connectivity index (χ0v) is 9.39. The Labute approximate surface area is 94.4 Å². The second-order valence-corrected chi connectivity index (χ2v) is 4.54. The maximum atomic E-state index is 12.0. The van der Waals surface area contributed by atoms with Crippen LogP contribution in [0.25, 0.3) is 0 Å². The number of hydrogen-bond acceptors (Lipinski definition) is 3. The summed E-state index contributed by atoms with van der Waals surface area (Å²) in [4.78, 5) is 24.5. The van der Waals surface area contributed by atoms with Crippen LogP contribution in [0.1, 0.15) is 32.6 Å². The first-order chi connectivity index (χ1) is 7.59. The molecule has 2 aliphatic rings. The van der Waals surface area contributed by atoms with E-state index in [1.54, 1.807) is 0 Å². The van der Waals surface area contributed by atoms with Crippen molar-refractivity contribution in [2.24, 2.45) is 0 Å². The normalized spacial score (nSPS) is 34.3. The highest BCUT2D eigenvalue weighted by Gasteiger charge is 2.39. The third-order valence-corrected chi connectivity index (χ3v) is 3.33. The van der Waals surface area contributed by atoms with Crippen molar-refractivity contribution in [2.45, 2.75) is 50.9 Å². The van der Waals surface area contributed by atoms with E-state index in [9.17, 15) is 9.59 Å². The molecule has 0 spiro atoms. The van der Waals surface area contributed by atoms with Crippen LogP contribution < -0.4 is 0 Å². The summed E-state index contributed by atoms with van der Waals surface area (Å²) in [5.74, 6) is -1.05. The fraction of sp³-hybridized carbons (Fsp3) is 0.818. The van der Waals surface area contributed by atoms with Crippen LogP contribution in [0.15, 0.2) is 0 Å². The van der Waals surface area contributed by atoms with Crippen LogP contribution in [0.5, 0.6) is 0 Å².